The SMILES string of the molecule is CC(C(=O)N1CCC2(CCNC2)CC1)c1ccc(Br)s1.Cl. The minimum absolute atomic E-state index is 0. The smallest absolute Gasteiger partial charge is 0.230 e. The molecule has 0 aromatic carbocycles. The van der Waals surface area contributed by atoms with E-state index in [1.54, 1.807) is 11.3 Å². The van der Waals surface area contributed by atoms with E-state index in [1.807, 2.05) is 13.0 Å². The van der Waals surface area contributed by atoms with Gasteiger partial charge in [-0.1, -0.05) is 0 Å². The van der Waals surface area contributed by atoms with Gasteiger partial charge in [-0.3, -0.25) is 4.79 Å². The molecular formula is C15H22BrClN2OS. The number of nitrogens with zero attached hydrogens (tertiary/aromatic N) is 1. The number of carbonyl (C=O) groups excluding carboxylic acids is 1. The van der Waals surface area contributed by atoms with E-state index in [9.17, 15) is 4.79 Å². The zero-order valence-electron chi connectivity index (χ0n) is 12.2. The minimum atomic E-state index is -0.0120. The highest BCUT2D eigenvalue weighted by Crippen LogP contribution is 2.38. The lowest BCUT2D eigenvalue weighted by molar-refractivity contribution is -0.134. The molecule has 3 heterocycles. The number of rotatable bonds is 2. The molecule has 0 radical (unpaired) electrons. The first kappa shape index (κ1) is 17.3. The summed E-state index contributed by atoms with van der Waals surface area (Å²) in [5.41, 5.74) is 0.478. The van der Waals surface area contributed by atoms with Gasteiger partial charge in [0.1, 0.15) is 0 Å². The normalized spacial score (nSPS) is 22.1. The van der Waals surface area contributed by atoms with Crippen molar-refractivity contribution in [3.05, 3.63) is 20.8 Å². The lowest BCUT2D eigenvalue weighted by Gasteiger charge is -2.39. The van der Waals surface area contributed by atoms with Gasteiger partial charge in [0.2, 0.25) is 5.91 Å². The van der Waals surface area contributed by atoms with Gasteiger partial charge in [-0.25, -0.2) is 0 Å². The van der Waals surface area contributed by atoms with Crippen molar-refractivity contribution in [2.75, 3.05) is 26.2 Å². The van der Waals surface area contributed by atoms with E-state index in [2.05, 4.69) is 32.2 Å². The van der Waals surface area contributed by atoms with E-state index in [1.165, 1.54) is 6.42 Å². The highest BCUT2D eigenvalue weighted by Gasteiger charge is 2.38. The summed E-state index contributed by atoms with van der Waals surface area (Å²) in [5, 5.41) is 3.47. The molecule has 0 aliphatic carbocycles. The monoisotopic (exact) mass is 392 g/mol. The topological polar surface area (TPSA) is 32.3 Å². The maximum absolute atomic E-state index is 12.6. The Morgan fingerprint density at radius 1 is 1.38 bits per heavy atom. The van der Waals surface area contributed by atoms with Crippen LogP contribution < -0.4 is 5.32 Å². The van der Waals surface area contributed by atoms with Crippen LogP contribution in [0.4, 0.5) is 0 Å². The van der Waals surface area contributed by atoms with Gasteiger partial charge in [0, 0.05) is 24.5 Å². The van der Waals surface area contributed by atoms with E-state index >= 15 is 0 Å². The van der Waals surface area contributed by atoms with Crippen molar-refractivity contribution in [1.82, 2.24) is 10.2 Å². The molecule has 2 aliphatic heterocycles. The first-order chi connectivity index (χ1) is 9.60. The standard InChI is InChI=1S/C15H21BrN2OS.ClH/c1-11(12-2-3-13(16)20-12)14(19)18-8-5-15(6-9-18)4-7-17-10-15;/h2-3,11,17H,4-10H2,1H3;1H. The minimum Gasteiger partial charge on any atom is -0.342 e. The van der Waals surface area contributed by atoms with Gasteiger partial charge in [-0.05, 0) is 66.2 Å². The van der Waals surface area contributed by atoms with E-state index < -0.39 is 0 Å². The van der Waals surface area contributed by atoms with Crippen LogP contribution in [0.3, 0.4) is 0 Å². The van der Waals surface area contributed by atoms with Crippen molar-refractivity contribution < 1.29 is 4.79 Å². The third kappa shape index (κ3) is 3.63. The lowest BCUT2D eigenvalue weighted by atomic mass is 9.77. The van der Waals surface area contributed by atoms with Crippen LogP contribution >= 0.6 is 39.7 Å². The summed E-state index contributed by atoms with van der Waals surface area (Å²) >= 11 is 5.14. The summed E-state index contributed by atoms with van der Waals surface area (Å²) in [7, 11) is 0. The highest BCUT2D eigenvalue weighted by atomic mass is 79.9. The van der Waals surface area contributed by atoms with Crippen molar-refractivity contribution in [3.63, 3.8) is 0 Å². The molecule has 3 nitrogen and oxygen atoms in total. The van der Waals surface area contributed by atoms with Crippen LogP contribution in [0.25, 0.3) is 0 Å². The first-order valence-corrected chi connectivity index (χ1v) is 8.95. The summed E-state index contributed by atoms with van der Waals surface area (Å²) in [6, 6.07) is 4.09. The van der Waals surface area contributed by atoms with Crippen LogP contribution in [0.5, 0.6) is 0 Å². The fraction of sp³-hybridized carbons (Fsp3) is 0.667. The van der Waals surface area contributed by atoms with Crippen LogP contribution in [0.15, 0.2) is 15.9 Å². The zero-order chi connectivity index (χ0) is 14.2. The lowest BCUT2D eigenvalue weighted by Crippen LogP contribution is -2.45. The molecule has 1 atom stereocenters. The zero-order valence-corrected chi connectivity index (χ0v) is 15.5. The second-order valence-electron chi connectivity index (χ2n) is 6.12. The van der Waals surface area contributed by atoms with Crippen molar-refractivity contribution in [2.24, 2.45) is 5.41 Å². The van der Waals surface area contributed by atoms with E-state index in [0.717, 1.165) is 47.7 Å². The first-order valence-electron chi connectivity index (χ1n) is 7.34. The van der Waals surface area contributed by atoms with Crippen LogP contribution in [0, 0.1) is 5.41 Å². The predicted octanol–water partition coefficient (Wildman–Crippen LogP) is 3.64. The molecule has 1 N–H and O–H groups in total. The van der Waals surface area contributed by atoms with Crippen molar-refractivity contribution in [3.8, 4) is 0 Å². The molecule has 0 saturated carbocycles. The number of nitrogens with one attached hydrogen (secondary N) is 1. The van der Waals surface area contributed by atoms with Gasteiger partial charge in [-0.15, -0.1) is 23.7 Å². The van der Waals surface area contributed by atoms with E-state index in [0.29, 0.717) is 11.3 Å². The number of halogens is 2. The number of hydrogen-bond donors (Lipinski definition) is 1. The second-order valence-corrected chi connectivity index (χ2v) is 8.61. The van der Waals surface area contributed by atoms with Crippen LogP contribution in [0.2, 0.25) is 0 Å². The van der Waals surface area contributed by atoms with Crippen molar-refractivity contribution in [1.29, 1.82) is 0 Å². The Morgan fingerprint density at radius 3 is 2.62 bits per heavy atom. The van der Waals surface area contributed by atoms with Crippen molar-refractivity contribution in [2.45, 2.75) is 32.1 Å². The average molecular weight is 394 g/mol. The number of amides is 1. The van der Waals surface area contributed by atoms with Gasteiger partial charge in [0.05, 0.1) is 9.70 Å². The number of piperidine rings is 1. The molecule has 2 fully saturated rings. The third-order valence-corrected chi connectivity index (χ3v) is 6.67. The Bertz CT molecular complexity index is 492. The van der Waals surface area contributed by atoms with Gasteiger partial charge >= 0.3 is 0 Å². The summed E-state index contributed by atoms with van der Waals surface area (Å²) < 4.78 is 1.10. The van der Waals surface area contributed by atoms with E-state index in [4.69, 9.17) is 0 Å². The fourth-order valence-corrected chi connectivity index (χ4v) is 4.85. The van der Waals surface area contributed by atoms with Crippen LogP contribution in [-0.2, 0) is 4.79 Å². The molecule has 6 heteroatoms. The maximum Gasteiger partial charge on any atom is 0.230 e. The van der Waals surface area contributed by atoms with Gasteiger partial charge in [-0.2, -0.15) is 0 Å². The number of thiophene rings is 1. The molecule has 21 heavy (non-hydrogen) atoms. The summed E-state index contributed by atoms with van der Waals surface area (Å²) in [6.07, 6.45) is 3.60. The Kier molecular flexibility index (Phi) is 5.74. The van der Waals surface area contributed by atoms with Gasteiger partial charge in [0.25, 0.3) is 0 Å². The Morgan fingerprint density at radius 2 is 2.10 bits per heavy atom. The average Bonchev–Trinajstić information content (AvgIpc) is 3.08. The van der Waals surface area contributed by atoms with Crippen LogP contribution in [-0.4, -0.2) is 37.0 Å². The molecule has 0 bridgehead atoms. The molecule has 1 spiro atoms. The van der Waals surface area contributed by atoms with Gasteiger partial charge < -0.3 is 10.2 Å². The fourth-order valence-electron chi connectivity index (χ4n) is 3.38. The molecule has 1 aromatic heterocycles. The number of hydrogen-bond acceptors (Lipinski definition) is 3. The Balaban J connectivity index is 0.00000161. The van der Waals surface area contributed by atoms with Crippen LogP contribution in [0.1, 0.15) is 37.0 Å². The second kappa shape index (κ2) is 6.99. The maximum atomic E-state index is 12.6. The molecule has 1 unspecified atom stereocenters. The molecule has 1 aromatic rings. The molecule has 2 aliphatic rings. The van der Waals surface area contributed by atoms with Crippen molar-refractivity contribution >= 4 is 45.6 Å². The molecule has 3 rings (SSSR count). The largest absolute Gasteiger partial charge is 0.342 e. The molecular weight excluding hydrogens is 372 g/mol. The summed E-state index contributed by atoms with van der Waals surface area (Å²) in [6.45, 7) is 6.17. The predicted molar refractivity (Wildman–Crippen MR) is 93.4 cm³/mol. The Hall–Kier alpha value is -0.100. The third-order valence-electron chi connectivity index (χ3n) is 4.86. The number of carbonyl (C=O) groups is 1. The summed E-state index contributed by atoms with van der Waals surface area (Å²) in [5.74, 6) is 0.280. The highest BCUT2D eigenvalue weighted by molar-refractivity contribution is 9.11. The molecule has 2 saturated heterocycles. The summed E-state index contributed by atoms with van der Waals surface area (Å²) in [4.78, 5) is 15.8. The number of likely N-dealkylation sites (tertiary alicyclic amines) is 1. The quantitative estimate of drug-likeness (QED) is 0.832. The molecule has 118 valence electrons. The Labute approximate surface area is 145 Å². The molecule has 1 amide bonds. The van der Waals surface area contributed by atoms with Gasteiger partial charge in [0.15, 0.2) is 0 Å². The van der Waals surface area contributed by atoms with E-state index in [-0.39, 0.29) is 18.3 Å².